The van der Waals surface area contributed by atoms with Crippen LogP contribution in [0, 0.1) is 0 Å². The van der Waals surface area contributed by atoms with Crippen molar-refractivity contribution in [2.45, 2.75) is 0 Å². The lowest BCUT2D eigenvalue weighted by atomic mass is 10.4. The van der Waals surface area contributed by atoms with Crippen LogP contribution in [0.25, 0.3) is 0 Å². The standard InChI is InChI=1S/C8H12O4/c1-6(10-2)5-7(11-3)8(9)12-4/h5H,1H2,2-4H3. The van der Waals surface area contributed by atoms with Gasteiger partial charge in [-0.25, -0.2) is 4.79 Å². The molecule has 0 heterocycles. The van der Waals surface area contributed by atoms with Crippen LogP contribution in [-0.4, -0.2) is 27.3 Å². The minimum atomic E-state index is -0.560. The molecule has 0 saturated heterocycles. The molecule has 0 aliphatic carbocycles. The predicted octanol–water partition coefficient (Wildman–Crippen LogP) is 0.850. The van der Waals surface area contributed by atoms with Crippen molar-refractivity contribution in [3.8, 4) is 0 Å². The second-order valence-corrected chi connectivity index (χ2v) is 1.87. The number of methoxy groups -OCH3 is 3. The smallest absolute Gasteiger partial charge is 0.373 e. The van der Waals surface area contributed by atoms with Crippen LogP contribution in [0.5, 0.6) is 0 Å². The first-order valence-electron chi connectivity index (χ1n) is 3.22. The third-order valence-electron chi connectivity index (χ3n) is 1.16. The Hall–Kier alpha value is -1.45. The lowest BCUT2D eigenvalue weighted by molar-refractivity contribution is -0.139. The van der Waals surface area contributed by atoms with Gasteiger partial charge in [-0.1, -0.05) is 6.58 Å². The molecule has 0 amide bonds. The van der Waals surface area contributed by atoms with Crippen LogP contribution in [0.3, 0.4) is 0 Å². The molecule has 0 aliphatic heterocycles. The fourth-order valence-corrected chi connectivity index (χ4v) is 0.507. The van der Waals surface area contributed by atoms with Crippen molar-refractivity contribution in [2.75, 3.05) is 21.3 Å². The summed E-state index contributed by atoms with van der Waals surface area (Å²) in [5, 5.41) is 0. The van der Waals surface area contributed by atoms with Gasteiger partial charge in [-0.2, -0.15) is 0 Å². The summed E-state index contributed by atoms with van der Waals surface area (Å²) in [5.74, 6) is -0.169. The van der Waals surface area contributed by atoms with Crippen molar-refractivity contribution in [1.29, 1.82) is 0 Å². The van der Waals surface area contributed by atoms with Crippen LogP contribution in [0.2, 0.25) is 0 Å². The zero-order chi connectivity index (χ0) is 9.56. The molecule has 0 aromatic heterocycles. The van der Waals surface area contributed by atoms with Gasteiger partial charge in [-0.15, -0.1) is 0 Å². The maximum atomic E-state index is 10.9. The number of rotatable bonds is 4. The van der Waals surface area contributed by atoms with Crippen LogP contribution >= 0.6 is 0 Å². The normalized spacial score (nSPS) is 10.4. The minimum absolute atomic E-state index is 0.0596. The molecule has 4 heteroatoms. The van der Waals surface area contributed by atoms with Gasteiger partial charge in [-0.05, 0) is 0 Å². The van der Waals surface area contributed by atoms with Gasteiger partial charge in [0.25, 0.3) is 0 Å². The molecule has 12 heavy (non-hydrogen) atoms. The first-order chi connectivity index (χ1) is 5.65. The van der Waals surface area contributed by atoms with E-state index in [1.165, 1.54) is 27.4 Å². The summed E-state index contributed by atoms with van der Waals surface area (Å²) in [5.41, 5.74) is 0. The Morgan fingerprint density at radius 1 is 1.17 bits per heavy atom. The molecule has 0 atom stereocenters. The Balaban J connectivity index is 4.43. The molecule has 0 rings (SSSR count). The van der Waals surface area contributed by atoms with Crippen LogP contribution in [0.15, 0.2) is 24.2 Å². The third kappa shape index (κ3) is 3.09. The summed E-state index contributed by atoms with van der Waals surface area (Å²) in [6.45, 7) is 3.49. The molecule has 0 fully saturated rings. The van der Waals surface area contributed by atoms with Crippen molar-refractivity contribution in [2.24, 2.45) is 0 Å². The molecular formula is C8H12O4. The van der Waals surface area contributed by atoms with Crippen molar-refractivity contribution < 1.29 is 19.0 Å². The second kappa shape index (κ2) is 5.23. The SMILES string of the molecule is C=C(C=C(OC)C(=O)OC)OC. The zero-order valence-corrected chi connectivity index (χ0v) is 7.42. The number of esters is 1. The first-order valence-corrected chi connectivity index (χ1v) is 3.22. The third-order valence-corrected chi connectivity index (χ3v) is 1.16. The number of allylic oxidation sites excluding steroid dienone is 1. The van der Waals surface area contributed by atoms with Gasteiger partial charge in [0.2, 0.25) is 5.76 Å². The summed E-state index contributed by atoms with van der Waals surface area (Å²) in [6.07, 6.45) is 1.35. The van der Waals surface area contributed by atoms with E-state index in [1.807, 2.05) is 0 Å². The number of ether oxygens (including phenoxy) is 3. The summed E-state index contributed by atoms with van der Waals surface area (Å²) in [6, 6.07) is 0. The van der Waals surface area contributed by atoms with Gasteiger partial charge < -0.3 is 14.2 Å². The van der Waals surface area contributed by atoms with Gasteiger partial charge in [0, 0.05) is 6.08 Å². The average molecular weight is 172 g/mol. The van der Waals surface area contributed by atoms with E-state index in [1.54, 1.807) is 0 Å². The minimum Gasteiger partial charge on any atom is -0.497 e. The number of carbonyl (C=O) groups is 1. The first kappa shape index (κ1) is 10.6. The molecule has 0 radical (unpaired) electrons. The molecule has 0 aromatic rings. The van der Waals surface area contributed by atoms with E-state index in [0.29, 0.717) is 5.76 Å². The van der Waals surface area contributed by atoms with Crippen LogP contribution in [0.1, 0.15) is 0 Å². The number of carbonyl (C=O) groups excluding carboxylic acids is 1. The van der Waals surface area contributed by atoms with Crippen molar-refractivity contribution in [1.82, 2.24) is 0 Å². The zero-order valence-electron chi connectivity index (χ0n) is 7.42. The topological polar surface area (TPSA) is 44.8 Å². The van der Waals surface area contributed by atoms with E-state index in [0.717, 1.165) is 0 Å². The fourth-order valence-electron chi connectivity index (χ4n) is 0.507. The monoisotopic (exact) mass is 172 g/mol. The highest BCUT2D eigenvalue weighted by Gasteiger charge is 2.09. The molecule has 0 saturated carbocycles. The van der Waals surface area contributed by atoms with Crippen LogP contribution in [0.4, 0.5) is 0 Å². The lowest BCUT2D eigenvalue weighted by Crippen LogP contribution is -2.06. The lowest BCUT2D eigenvalue weighted by Gasteiger charge is -2.03. The van der Waals surface area contributed by atoms with Gasteiger partial charge >= 0.3 is 5.97 Å². The van der Waals surface area contributed by atoms with Crippen molar-refractivity contribution in [3.05, 3.63) is 24.2 Å². The van der Waals surface area contributed by atoms with Crippen molar-refractivity contribution >= 4 is 5.97 Å². The predicted molar refractivity (Wildman–Crippen MR) is 43.3 cm³/mol. The highest BCUT2D eigenvalue weighted by Crippen LogP contribution is 2.03. The molecule has 4 nitrogen and oxygen atoms in total. The molecule has 0 bridgehead atoms. The molecule has 0 aliphatic rings. The number of hydrogen-bond acceptors (Lipinski definition) is 4. The second-order valence-electron chi connectivity index (χ2n) is 1.87. The largest absolute Gasteiger partial charge is 0.497 e. The maximum Gasteiger partial charge on any atom is 0.373 e. The van der Waals surface area contributed by atoms with Crippen LogP contribution in [-0.2, 0) is 19.0 Å². The average Bonchev–Trinajstić information content (AvgIpc) is 2.12. The van der Waals surface area contributed by atoms with E-state index < -0.39 is 5.97 Å². The molecule has 0 N–H and O–H groups in total. The highest BCUT2D eigenvalue weighted by atomic mass is 16.6. The molecule has 68 valence electrons. The summed E-state index contributed by atoms with van der Waals surface area (Å²) in [4.78, 5) is 10.9. The maximum absolute atomic E-state index is 10.9. The molecule has 0 aromatic carbocycles. The summed E-state index contributed by atoms with van der Waals surface area (Å²) >= 11 is 0. The highest BCUT2D eigenvalue weighted by molar-refractivity contribution is 5.86. The van der Waals surface area contributed by atoms with E-state index >= 15 is 0 Å². The van der Waals surface area contributed by atoms with Gasteiger partial charge in [0.15, 0.2) is 0 Å². The van der Waals surface area contributed by atoms with Crippen LogP contribution < -0.4 is 0 Å². The fraction of sp³-hybridized carbons (Fsp3) is 0.375. The Morgan fingerprint density at radius 3 is 2.08 bits per heavy atom. The summed E-state index contributed by atoms with van der Waals surface area (Å²) in [7, 11) is 4.08. The van der Waals surface area contributed by atoms with E-state index in [-0.39, 0.29) is 5.76 Å². The van der Waals surface area contributed by atoms with E-state index in [9.17, 15) is 4.79 Å². The Labute approximate surface area is 71.4 Å². The van der Waals surface area contributed by atoms with Crippen molar-refractivity contribution in [3.63, 3.8) is 0 Å². The molecule has 0 spiro atoms. The Morgan fingerprint density at radius 2 is 1.75 bits per heavy atom. The van der Waals surface area contributed by atoms with Gasteiger partial charge in [-0.3, -0.25) is 0 Å². The van der Waals surface area contributed by atoms with Gasteiger partial charge in [0.05, 0.1) is 21.3 Å². The number of hydrogen-bond donors (Lipinski definition) is 0. The van der Waals surface area contributed by atoms with E-state index in [4.69, 9.17) is 9.47 Å². The molecular weight excluding hydrogens is 160 g/mol. The summed E-state index contributed by atoms with van der Waals surface area (Å²) < 4.78 is 13.9. The Kier molecular flexibility index (Phi) is 4.60. The quantitative estimate of drug-likeness (QED) is 0.273. The van der Waals surface area contributed by atoms with Gasteiger partial charge in [0.1, 0.15) is 5.76 Å². The van der Waals surface area contributed by atoms with E-state index in [2.05, 4.69) is 11.3 Å². The Bertz CT molecular complexity index is 205. The molecule has 0 unspecified atom stereocenters.